The van der Waals surface area contributed by atoms with E-state index in [9.17, 15) is 19.8 Å². The lowest BCUT2D eigenvalue weighted by Crippen LogP contribution is -2.50. The maximum atomic E-state index is 12.7. The number of amides is 2. The Labute approximate surface area is 188 Å². The first kappa shape index (κ1) is 22.6. The summed E-state index contributed by atoms with van der Waals surface area (Å²) in [5.41, 5.74) is 1.97. The molecule has 172 valence electrons. The topological polar surface area (TPSA) is 99.1 Å². The van der Waals surface area contributed by atoms with E-state index in [1.165, 1.54) is 17.7 Å². The molecule has 3 N–H and O–H groups in total. The molecule has 3 aliphatic rings. The lowest BCUT2D eigenvalue weighted by atomic mass is 9.86. The summed E-state index contributed by atoms with van der Waals surface area (Å²) < 4.78 is 5.72. The Bertz CT molecular complexity index is 905. The average Bonchev–Trinajstić information content (AvgIpc) is 3.52. The van der Waals surface area contributed by atoms with Crippen molar-refractivity contribution in [2.45, 2.75) is 44.9 Å². The number of fused-ring (bicyclic) bond motifs is 1. The van der Waals surface area contributed by atoms with Gasteiger partial charge in [0, 0.05) is 19.0 Å². The third-order valence-electron chi connectivity index (χ3n) is 6.68. The zero-order chi connectivity index (χ0) is 22.8. The second-order valence-corrected chi connectivity index (χ2v) is 9.25. The van der Waals surface area contributed by atoms with E-state index >= 15 is 0 Å². The monoisotopic (exact) mass is 440 g/mol. The fourth-order valence-electron chi connectivity index (χ4n) is 4.29. The highest BCUT2D eigenvalue weighted by Gasteiger charge is 2.39. The van der Waals surface area contributed by atoms with Crippen molar-refractivity contribution in [3.8, 4) is 5.75 Å². The van der Waals surface area contributed by atoms with Gasteiger partial charge in [-0.05, 0) is 54.9 Å². The number of ether oxygens (including phenoxy) is 1. The molecule has 1 aromatic carbocycles. The molecule has 0 radical (unpaired) electrons. The zero-order valence-electron chi connectivity index (χ0n) is 18.6. The van der Waals surface area contributed by atoms with Crippen LogP contribution < -0.4 is 10.1 Å². The molecule has 2 unspecified atom stereocenters. The van der Waals surface area contributed by atoms with Crippen molar-refractivity contribution < 1.29 is 24.5 Å². The van der Waals surface area contributed by atoms with Crippen LogP contribution in [-0.4, -0.2) is 58.8 Å². The molecule has 0 aromatic heterocycles. The fourth-order valence-corrected chi connectivity index (χ4v) is 4.29. The highest BCUT2D eigenvalue weighted by molar-refractivity contribution is 5.91. The molecule has 2 aliphatic carbocycles. The molecule has 2 fully saturated rings. The predicted molar refractivity (Wildman–Crippen MR) is 120 cm³/mol. The third-order valence-corrected chi connectivity index (χ3v) is 6.68. The number of allylic oxidation sites excluding steroid dienone is 3. The van der Waals surface area contributed by atoms with E-state index in [2.05, 4.69) is 18.3 Å². The number of likely N-dealkylation sites (tertiary alicyclic amines) is 1. The second-order valence-electron chi connectivity index (χ2n) is 9.25. The van der Waals surface area contributed by atoms with Gasteiger partial charge in [0.2, 0.25) is 0 Å². The molecule has 32 heavy (non-hydrogen) atoms. The summed E-state index contributed by atoms with van der Waals surface area (Å²) in [6, 6.07) is 7.02. The normalized spacial score (nSPS) is 24.9. The quantitative estimate of drug-likeness (QED) is 0.574. The van der Waals surface area contributed by atoms with Crippen LogP contribution in [0.3, 0.4) is 0 Å². The van der Waals surface area contributed by atoms with Crippen molar-refractivity contribution in [2.75, 3.05) is 19.7 Å². The summed E-state index contributed by atoms with van der Waals surface area (Å²) in [4.78, 5) is 26.7. The summed E-state index contributed by atoms with van der Waals surface area (Å²) in [6.45, 7) is 5.50. The maximum Gasteiger partial charge on any atom is 0.255 e. The lowest BCUT2D eigenvalue weighted by molar-refractivity contribution is -0.152. The number of aliphatic hydroxyl groups excluding tert-OH is 2. The van der Waals surface area contributed by atoms with Gasteiger partial charge in [-0.2, -0.15) is 0 Å². The molecule has 2 amide bonds. The smallest absolute Gasteiger partial charge is 0.255 e. The van der Waals surface area contributed by atoms with E-state index in [4.69, 9.17) is 4.74 Å². The number of nitrogens with zero attached hydrogens (tertiary/aromatic N) is 1. The van der Waals surface area contributed by atoms with Crippen molar-refractivity contribution >= 4 is 11.8 Å². The molecule has 4 rings (SSSR count). The van der Waals surface area contributed by atoms with Crippen molar-refractivity contribution in [3.63, 3.8) is 0 Å². The van der Waals surface area contributed by atoms with E-state index in [-0.39, 0.29) is 5.92 Å². The van der Waals surface area contributed by atoms with Gasteiger partial charge >= 0.3 is 0 Å². The van der Waals surface area contributed by atoms with Gasteiger partial charge in [0.05, 0.1) is 12.6 Å². The number of carbonyl (C=O) groups is 2. The predicted octanol–water partition coefficient (Wildman–Crippen LogP) is 1.97. The van der Waals surface area contributed by atoms with Crippen LogP contribution in [0.5, 0.6) is 5.75 Å². The van der Waals surface area contributed by atoms with Crippen LogP contribution in [0.1, 0.15) is 38.3 Å². The van der Waals surface area contributed by atoms with Gasteiger partial charge in [0.15, 0.2) is 12.2 Å². The molecule has 7 nitrogen and oxygen atoms in total. The minimum atomic E-state index is -1.83. The molecule has 1 aromatic rings. The maximum absolute atomic E-state index is 12.7. The Hall–Kier alpha value is -2.64. The summed E-state index contributed by atoms with van der Waals surface area (Å²) in [5, 5.41) is 23.4. The minimum Gasteiger partial charge on any atom is -0.493 e. The number of nitrogens with one attached hydrogen (secondary N) is 1. The van der Waals surface area contributed by atoms with E-state index in [1.54, 1.807) is 6.92 Å². The van der Waals surface area contributed by atoms with Gasteiger partial charge in [0.25, 0.3) is 11.8 Å². The summed E-state index contributed by atoms with van der Waals surface area (Å²) in [7, 11) is 0. The molecule has 0 spiro atoms. The number of hydrogen-bond donors (Lipinski definition) is 3. The highest BCUT2D eigenvalue weighted by Crippen LogP contribution is 2.33. The van der Waals surface area contributed by atoms with E-state index in [0.29, 0.717) is 24.9 Å². The SMILES string of the molecule is CC1C=CC=C2CN(C(=O)[C@H](O)[C@@H](O)C(=O)N[C@H](C)c3ccc(OCC4CC4)cc3)CC21. The number of carbonyl (C=O) groups excluding carboxylic acids is 2. The molecule has 7 heteroatoms. The first-order valence-corrected chi connectivity index (χ1v) is 11.4. The zero-order valence-corrected chi connectivity index (χ0v) is 18.6. The highest BCUT2D eigenvalue weighted by atomic mass is 16.5. The van der Waals surface area contributed by atoms with Crippen LogP contribution >= 0.6 is 0 Å². The van der Waals surface area contributed by atoms with Crippen LogP contribution in [0.2, 0.25) is 0 Å². The lowest BCUT2D eigenvalue weighted by Gasteiger charge is -2.24. The van der Waals surface area contributed by atoms with Gasteiger partial charge in [-0.3, -0.25) is 9.59 Å². The molecule has 0 bridgehead atoms. The first-order valence-electron chi connectivity index (χ1n) is 11.4. The third kappa shape index (κ3) is 5.05. The van der Waals surface area contributed by atoms with Crippen LogP contribution in [-0.2, 0) is 9.59 Å². The number of hydrogen-bond acceptors (Lipinski definition) is 5. The fraction of sp³-hybridized carbons (Fsp3) is 0.520. The van der Waals surface area contributed by atoms with Crippen molar-refractivity contribution in [2.24, 2.45) is 17.8 Å². The van der Waals surface area contributed by atoms with Crippen LogP contribution in [0.25, 0.3) is 0 Å². The number of rotatable bonds is 8. The largest absolute Gasteiger partial charge is 0.493 e. The van der Waals surface area contributed by atoms with E-state index < -0.39 is 30.1 Å². The summed E-state index contributed by atoms with van der Waals surface area (Å²) in [6.07, 6.45) is 4.89. The molecular formula is C25H32N2O5. The van der Waals surface area contributed by atoms with E-state index in [1.807, 2.05) is 36.4 Å². The van der Waals surface area contributed by atoms with Gasteiger partial charge in [0.1, 0.15) is 5.75 Å². The Morgan fingerprint density at radius 3 is 2.56 bits per heavy atom. The Morgan fingerprint density at radius 1 is 1.19 bits per heavy atom. The minimum absolute atomic E-state index is 0.221. The molecule has 1 saturated carbocycles. The standard InChI is InChI=1S/C25H32N2O5/c1-15-4-3-5-19-12-27(13-21(15)19)25(31)23(29)22(28)24(30)26-16(2)18-8-10-20(11-9-18)32-14-17-6-7-17/h3-5,8-11,15-17,21-23,28-29H,6-7,12-14H2,1-2H3,(H,26,30)/t15?,16-,21?,22-,23-/m1/s1. The van der Waals surface area contributed by atoms with Crippen molar-refractivity contribution in [1.29, 1.82) is 0 Å². The van der Waals surface area contributed by atoms with Crippen LogP contribution in [0, 0.1) is 17.8 Å². The molecule has 1 aliphatic heterocycles. The van der Waals surface area contributed by atoms with Gasteiger partial charge in [-0.1, -0.05) is 37.3 Å². The molecule has 1 heterocycles. The Morgan fingerprint density at radius 2 is 1.91 bits per heavy atom. The van der Waals surface area contributed by atoms with Crippen molar-refractivity contribution in [3.05, 3.63) is 53.6 Å². The first-order chi connectivity index (χ1) is 15.3. The Balaban J connectivity index is 1.29. The molecule has 1 saturated heterocycles. The number of benzene rings is 1. The number of aliphatic hydroxyl groups is 2. The van der Waals surface area contributed by atoms with Gasteiger partial charge in [-0.15, -0.1) is 0 Å². The summed E-state index contributed by atoms with van der Waals surface area (Å²) >= 11 is 0. The average molecular weight is 441 g/mol. The van der Waals surface area contributed by atoms with Gasteiger partial charge in [-0.25, -0.2) is 0 Å². The molecular weight excluding hydrogens is 408 g/mol. The van der Waals surface area contributed by atoms with Crippen LogP contribution in [0.4, 0.5) is 0 Å². The van der Waals surface area contributed by atoms with Gasteiger partial charge < -0.3 is 25.2 Å². The molecule has 5 atom stereocenters. The van der Waals surface area contributed by atoms with E-state index in [0.717, 1.165) is 23.5 Å². The van der Waals surface area contributed by atoms with Crippen LogP contribution in [0.15, 0.2) is 48.1 Å². The van der Waals surface area contributed by atoms with Crippen molar-refractivity contribution in [1.82, 2.24) is 10.2 Å². The second kappa shape index (κ2) is 9.46. The Kier molecular flexibility index (Phi) is 6.67. The summed E-state index contributed by atoms with van der Waals surface area (Å²) in [5.74, 6) is 0.581.